The smallest absolute Gasteiger partial charge is 0.407 e. The monoisotopic (exact) mass is 570 g/mol. The molecule has 1 amide bonds. The van der Waals surface area contributed by atoms with E-state index in [4.69, 9.17) is 24.3 Å². The van der Waals surface area contributed by atoms with Gasteiger partial charge in [-0.3, -0.25) is 0 Å². The minimum Gasteiger partial charge on any atom is -1.00 e. The molecule has 1 saturated heterocycles. The van der Waals surface area contributed by atoms with E-state index in [0.29, 0.717) is 38.1 Å². The first-order valence-corrected chi connectivity index (χ1v) is 11.9. The summed E-state index contributed by atoms with van der Waals surface area (Å²) < 4.78 is 6.44. The van der Waals surface area contributed by atoms with Crippen LogP contribution in [0.1, 0.15) is 78.6 Å². The molecule has 0 unspecified atom stereocenters. The highest BCUT2D eigenvalue weighted by Crippen LogP contribution is 2.48. The molecule has 188 valence electrons. The molecule has 0 aromatic carbocycles. The number of nitrogens with one attached hydrogen (secondary N) is 1. The number of rotatable bonds is 5. The highest BCUT2D eigenvalue weighted by molar-refractivity contribution is 5.67. The van der Waals surface area contributed by atoms with Gasteiger partial charge in [0.15, 0.2) is 0 Å². The van der Waals surface area contributed by atoms with Crippen LogP contribution in [0.5, 0.6) is 0 Å². The van der Waals surface area contributed by atoms with E-state index in [1.165, 1.54) is 0 Å². The molecule has 8 nitrogen and oxygen atoms in total. The summed E-state index contributed by atoms with van der Waals surface area (Å²) >= 11 is 0. The lowest BCUT2D eigenvalue weighted by Gasteiger charge is -2.48. The zero-order valence-electron chi connectivity index (χ0n) is 20.7. The molecular formula is C23H43IN2O6. The third kappa shape index (κ3) is 7.94. The Morgan fingerprint density at radius 3 is 1.84 bits per heavy atom. The molecule has 0 atom stereocenters. The minimum atomic E-state index is -0.896. The van der Waals surface area contributed by atoms with Crippen molar-refractivity contribution in [2.24, 2.45) is 11.3 Å². The van der Waals surface area contributed by atoms with E-state index in [-0.39, 0.29) is 41.6 Å². The molecule has 3 aliphatic rings. The van der Waals surface area contributed by atoms with Crippen LogP contribution >= 0.6 is 0 Å². The average Bonchev–Trinajstić information content (AvgIpc) is 2.69. The first-order valence-electron chi connectivity index (χ1n) is 11.9. The van der Waals surface area contributed by atoms with Gasteiger partial charge in [-0.2, -0.15) is 19.6 Å². The van der Waals surface area contributed by atoms with Gasteiger partial charge in [-0.1, -0.05) is 20.8 Å². The van der Waals surface area contributed by atoms with Gasteiger partial charge in [0.25, 0.3) is 0 Å². The van der Waals surface area contributed by atoms with Gasteiger partial charge < -0.3 is 38.5 Å². The topological polar surface area (TPSA) is 75.3 Å². The number of carbonyl (C=O) groups excluding carboxylic acids is 1. The van der Waals surface area contributed by atoms with Gasteiger partial charge in [-0.05, 0) is 37.0 Å². The third-order valence-corrected chi connectivity index (χ3v) is 6.91. The maximum atomic E-state index is 12.1. The SMILES string of the molecule is CC(C)(C)C1CCC2(CC1)OOC1(CCC(OC(=O)NCCC[N+](C)(C)C)CC1)OO2.[I-]. The molecule has 1 heterocycles. The molecule has 0 aromatic heterocycles. The summed E-state index contributed by atoms with van der Waals surface area (Å²) in [7, 11) is 6.41. The summed E-state index contributed by atoms with van der Waals surface area (Å²) in [5, 5.41) is 2.84. The zero-order valence-corrected chi connectivity index (χ0v) is 22.9. The fourth-order valence-electron chi connectivity index (χ4n) is 4.67. The van der Waals surface area contributed by atoms with Crippen molar-refractivity contribution in [3.8, 4) is 0 Å². The van der Waals surface area contributed by atoms with E-state index in [1.54, 1.807) is 0 Å². The highest BCUT2D eigenvalue weighted by Gasteiger charge is 2.52. The Balaban J connectivity index is 0.00000363. The Hall–Kier alpha value is -0.200. The van der Waals surface area contributed by atoms with Gasteiger partial charge in [0.1, 0.15) is 6.10 Å². The van der Waals surface area contributed by atoms with Gasteiger partial charge in [-0.25, -0.2) is 4.79 Å². The maximum Gasteiger partial charge on any atom is 0.407 e. The molecule has 32 heavy (non-hydrogen) atoms. The van der Waals surface area contributed by atoms with Crippen molar-refractivity contribution in [1.82, 2.24) is 5.32 Å². The van der Waals surface area contributed by atoms with Crippen LogP contribution in [-0.4, -0.2) is 62.5 Å². The second kappa shape index (κ2) is 11.0. The van der Waals surface area contributed by atoms with Crippen molar-refractivity contribution in [3.05, 3.63) is 0 Å². The van der Waals surface area contributed by atoms with E-state index in [0.717, 1.165) is 43.1 Å². The van der Waals surface area contributed by atoms with Crippen LogP contribution in [0.15, 0.2) is 0 Å². The Kier molecular flexibility index (Phi) is 9.66. The summed E-state index contributed by atoms with van der Waals surface area (Å²) in [6, 6.07) is 0. The number of amides is 1. The van der Waals surface area contributed by atoms with Crippen LogP contribution in [0.4, 0.5) is 4.79 Å². The fourth-order valence-corrected chi connectivity index (χ4v) is 4.67. The molecule has 0 aromatic rings. The summed E-state index contributed by atoms with van der Waals surface area (Å²) in [5.74, 6) is -1.04. The largest absolute Gasteiger partial charge is 1.00 e. The number of quaternary nitrogens is 1. The molecule has 2 spiro atoms. The predicted octanol–water partition coefficient (Wildman–Crippen LogP) is 1.29. The first-order chi connectivity index (χ1) is 14.4. The predicted molar refractivity (Wildman–Crippen MR) is 115 cm³/mol. The molecule has 0 radical (unpaired) electrons. The van der Waals surface area contributed by atoms with E-state index in [1.807, 2.05) is 0 Å². The van der Waals surface area contributed by atoms with Gasteiger partial charge in [0.05, 0.1) is 27.7 Å². The molecular weight excluding hydrogens is 527 g/mol. The van der Waals surface area contributed by atoms with Crippen LogP contribution in [0.2, 0.25) is 0 Å². The van der Waals surface area contributed by atoms with E-state index < -0.39 is 11.6 Å². The number of carbonyl (C=O) groups is 1. The standard InChI is InChI=1S/C23H42N2O6.HI/c1-21(2,3)18-8-12-22(13-9-18)28-30-23(31-29-22)14-10-19(11-15-23)27-20(26)24-16-7-17-25(4,5)6;/h18-19H,7-17H2,1-6H3;1H. The Labute approximate surface area is 210 Å². The second-order valence-electron chi connectivity index (χ2n) is 11.7. The molecule has 2 saturated carbocycles. The number of halogens is 1. The number of hydrogen-bond acceptors (Lipinski definition) is 6. The lowest BCUT2D eigenvalue weighted by atomic mass is 9.71. The average molecular weight is 571 g/mol. The van der Waals surface area contributed by atoms with E-state index in [2.05, 4.69) is 47.2 Å². The normalized spacial score (nSPS) is 33.6. The quantitative estimate of drug-likeness (QED) is 0.233. The Morgan fingerprint density at radius 1 is 0.938 bits per heavy atom. The van der Waals surface area contributed by atoms with Gasteiger partial charge in [-0.15, -0.1) is 0 Å². The molecule has 1 aliphatic heterocycles. The first kappa shape index (κ1) is 28.0. The van der Waals surface area contributed by atoms with Crippen LogP contribution < -0.4 is 29.3 Å². The van der Waals surface area contributed by atoms with E-state index >= 15 is 0 Å². The zero-order chi connectivity index (χ0) is 22.8. The number of nitrogens with zero attached hydrogens (tertiary/aromatic N) is 1. The van der Waals surface area contributed by atoms with Crippen molar-refractivity contribution in [1.29, 1.82) is 0 Å². The summed E-state index contributed by atoms with van der Waals surface area (Å²) in [5.41, 5.74) is 0.287. The minimum absolute atomic E-state index is 0. The third-order valence-electron chi connectivity index (χ3n) is 6.91. The van der Waals surface area contributed by atoms with Gasteiger partial charge in [0, 0.05) is 38.6 Å². The molecule has 9 heteroatoms. The molecule has 3 rings (SSSR count). The Bertz CT molecular complexity index is 591. The van der Waals surface area contributed by atoms with Crippen molar-refractivity contribution in [2.45, 2.75) is 96.2 Å². The van der Waals surface area contributed by atoms with Crippen molar-refractivity contribution >= 4 is 6.09 Å². The summed E-state index contributed by atoms with van der Waals surface area (Å²) in [4.78, 5) is 35.2. The molecule has 3 fully saturated rings. The number of alkyl carbamates (subject to hydrolysis) is 1. The maximum absolute atomic E-state index is 12.1. The van der Waals surface area contributed by atoms with Crippen LogP contribution in [0, 0.1) is 11.3 Å². The summed E-state index contributed by atoms with van der Waals surface area (Å²) in [6.45, 7) is 8.47. The highest BCUT2D eigenvalue weighted by atomic mass is 127. The van der Waals surface area contributed by atoms with Gasteiger partial charge in [0.2, 0.25) is 11.6 Å². The van der Waals surface area contributed by atoms with Crippen molar-refractivity contribution in [3.63, 3.8) is 0 Å². The van der Waals surface area contributed by atoms with Crippen molar-refractivity contribution in [2.75, 3.05) is 34.2 Å². The number of hydrogen-bond donors (Lipinski definition) is 1. The lowest BCUT2D eigenvalue weighted by molar-refractivity contribution is -0.870. The molecule has 2 aliphatic carbocycles. The fraction of sp³-hybridized carbons (Fsp3) is 0.957. The van der Waals surface area contributed by atoms with Crippen LogP contribution in [0.25, 0.3) is 0 Å². The second-order valence-corrected chi connectivity index (χ2v) is 11.7. The van der Waals surface area contributed by atoms with Crippen LogP contribution in [-0.2, 0) is 24.3 Å². The summed E-state index contributed by atoms with van der Waals surface area (Å²) in [6.07, 6.45) is 6.45. The van der Waals surface area contributed by atoms with Crippen LogP contribution in [0.3, 0.4) is 0 Å². The molecule has 0 bridgehead atoms. The Morgan fingerprint density at radius 2 is 1.41 bits per heavy atom. The lowest BCUT2D eigenvalue weighted by Crippen LogP contribution is -3.00. The number of ether oxygens (including phenoxy) is 1. The van der Waals surface area contributed by atoms with Crippen molar-refractivity contribution < 1.29 is 57.5 Å². The van der Waals surface area contributed by atoms with Gasteiger partial charge >= 0.3 is 6.09 Å². The van der Waals surface area contributed by atoms with E-state index in [9.17, 15) is 4.79 Å². The molecule has 1 N–H and O–H groups in total.